The highest BCUT2D eigenvalue weighted by atomic mass is 16.5. The van der Waals surface area contributed by atoms with E-state index in [1.54, 1.807) is 7.11 Å². The average molecular weight is 230 g/mol. The van der Waals surface area contributed by atoms with Crippen molar-refractivity contribution in [2.45, 2.75) is 57.0 Å². The lowest BCUT2D eigenvalue weighted by molar-refractivity contribution is -0.0878. The van der Waals surface area contributed by atoms with Gasteiger partial charge in [-0.25, -0.2) is 0 Å². The molecule has 0 radical (unpaired) electrons. The molecule has 0 unspecified atom stereocenters. The van der Waals surface area contributed by atoms with Crippen LogP contribution in [0, 0.1) is 5.41 Å². The maximum absolute atomic E-state index is 10.3. The van der Waals surface area contributed by atoms with Gasteiger partial charge in [-0.3, -0.25) is 0 Å². The second kappa shape index (κ2) is 4.61. The summed E-state index contributed by atoms with van der Waals surface area (Å²) in [6, 6.07) is 0. The predicted octanol–water partition coefficient (Wildman–Crippen LogP) is 0.702. The lowest BCUT2D eigenvalue weighted by atomic mass is 9.70. The molecule has 4 nitrogen and oxygen atoms in total. The van der Waals surface area contributed by atoms with Gasteiger partial charge in [-0.2, -0.15) is 0 Å². The Morgan fingerprint density at radius 1 is 1.50 bits per heavy atom. The number of ether oxygens (including phenoxy) is 2. The third-order valence-corrected chi connectivity index (χ3v) is 4.19. The van der Waals surface area contributed by atoms with E-state index in [0.29, 0.717) is 0 Å². The molecule has 0 bridgehead atoms. The molecule has 4 heteroatoms. The van der Waals surface area contributed by atoms with Crippen LogP contribution in [0.15, 0.2) is 0 Å². The molecule has 0 aromatic rings. The minimum absolute atomic E-state index is 0.0905. The van der Waals surface area contributed by atoms with Gasteiger partial charge in [0.15, 0.2) is 0 Å². The lowest BCUT2D eigenvalue weighted by Crippen LogP contribution is -2.44. The summed E-state index contributed by atoms with van der Waals surface area (Å²) in [5.74, 6) is 0. The molecule has 1 saturated heterocycles. The van der Waals surface area contributed by atoms with E-state index in [-0.39, 0.29) is 18.1 Å². The Labute approximate surface area is 96.6 Å². The fraction of sp³-hybridized carbons (Fsp3) is 1.00. The minimum atomic E-state index is -0.734. The molecule has 1 aliphatic carbocycles. The van der Waals surface area contributed by atoms with Gasteiger partial charge in [-0.15, -0.1) is 0 Å². The fourth-order valence-corrected chi connectivity index (χ4v) is 3.09. The SMILES string of the molecule is COC[C@H](O)[C@H]1O[C@@H]2CCCC[C@@]2(C)[C@@H]1O. The third kappa shape index (κ3) is 1.88. The molecular formula is C12H22O4. The molecule has 94 valence electrons. The van der Waals surface area contributed by atoms with Crippen LogP contribution in [-0.2, 0) is 9.47 Å². The van der Waals surface area contributed by atoms with Crippen LogP contribution in [-0.4, -0.2) is 48.3 Å². The summed E-state index contributed by atoms with van der Waals surface area (Å²) >= 11 is 0. The Bertz CT molecular complexity index is 245. The summed E-state index contributed by atoms with van der Waals surface area (Å²) in [6.07, 6.45) is 2.55. The molecule has 2 fully saturated rings. The smallest absolute Gasteiger partial charge is 0.112 e. The van der Waals surface area contributed by atoms with Crippen LogP contribution >= 0.6 is 0 Å². The van der Waals surface area contributed by atoms with Gasteiger partial charge in [0.25, 0.3) is 0 Å². The minimum Gasteiger partial charge on any atom is -0.390 e. The monoisotopic (exact) mass is 230 g/mol. The highest BCUT2D eigenvalue weighted by molar-refractivity contribution is 5.03. The Kier molecular flexibility index (Phi) is 3.54. The molecular weight excluding hydrogens is 208 g/mol. The molecule has 2 rings (SSSR count). The summed E-state index contributed by atoms with van der Waals surface area (Å²) in [6.45, 7) is 2.28. The first-order valence-electron chi connectivity index (χ1n) is 6.10. The lowest BCUT2D eigenvalue weighted by Gasteiger charge is -2.36. The van der Waals surface area contributed by atoms with E-state index in [1.165, 1.54) is 0 Å². The first-order chi connectivity index (χ1) is 7.59. The largest absolute Gasteiger partial charge is 0.390 e. The van der Waals surface area contributed by atoms with Gasteiger partial charge in [-0.05, 0) is 12.8 Å². The molecule has 1 aliphatic heterocycles. The van der Waals surface area contributed by atoms with Gasteiger partial charge in [0.2, 0.25) is 0 Å². The van der Waals surface area contributed by atoms with Crippen molar-refractivity contribution in [2.75, 3.05) is 13.7 Å². The second-order valence-electron chi connectivity index (χ2n) is 5.31. The zero-order valence-corrected chi connectivity index (χ0v) is 10.1. The molecule has 0 amide bonds. The van der Waals surface area contributed by atoms with Crippen molar-refractivity contribution in [3.8, 4) is 0 Å². The highest BCUT2D eigenvalue weighted by Crippen LogP contribution is 2.48. The molecule has 1 saturated carbocycles. The molecule has 16 heavy (non-hydrogen) atoms. The van der Waals surface area contributed by atoms with E-state index in [9.17, 15) is 10.2 Å². The van der Waals surface area contributed by atoms with Crippen LogP contribution in [0.4, 0.5) is 0 Å². The van der Waals surface area contributed by atoms with Crippen LogP contribution < -0.4 is 0 Å². The zero-order chi connectivity index (χ0) is 11.8. The highest BCUT2D eigenvalue weighted by Gasteiger charge is 2.55. The van der Waals surface area contributed by atoms with Crippen LogP contribution in [0.3, 0.4) is 0 Å². The van der Waals surface area contributed by atoms with Crippen molar-refractivity contribution in [3.63, 3.8) is 0 Å². The third-order valence-electron chi connectivity index (χ3n) is 4.19. The van der Waals surface area contributed by atoms with Crippen LogP contribution in [0.5, 0.6) is 0 Å². The summed E-state index contributed by atoms with van der Waals surface area (Å²) in [5.41, 5.74) is -0.183. The summed E-state index contributed by atoms with van der Waals surface area (Å²) in [5, 5.41) is 20.2. The molecule has 0 aromatic carbocycles. The van der Waals surface area contributed by atoms with Gasteiger partial charge < -0.3 is 19.7 Å². The van der Waals surface area contributed by atoms with E-state index in [0.717, 1.165) is 25.7 Å². The topological polar surface area (TPSA) is 58.9 Å². The Morgan fingerprint density at radius 3 is 2.88 bits per heavy atom. The van der Waals surface area contributed by atoms with E-state index in [4.69, 9.17) is 9.47 Å². The Hall–Kier alpha value is -0.160. The van der Waals surface area contributed by atoms with Crippen molar-refractivity contribution in [1.29, 1.82) is 0 Å². The summed E-state index contributed by atoms with van der Waals surface area (Å²) < 4.78 is 10.7. The molecule has 0 aromatic heterocycles. The molecule has 1 heterocycles. The first kappa shape index (κ1) is 12.3. The number of hydrogen-bond acceptors (Lipinski definition) is 4. The van der Waals surface area contributed by atoms with Gasteiger partial charge in [0.05, 0.1) is 18.8 Å². The number of methoxy groups -OCH3 is 1. The number of aliphatic hydroxyl groups is 2. The molecule has 5 atom stereocenters. The molecule has 2 N–H and O–H groups in total. The fourth-order valence-electron chi connectivity index (χ4n) is 3.09. The van der Waals surface area contributed by atoms with Crippen molar-refractivity contribution in [1.82, 2.24) is 0 Å². The van der Waals surface area contributed by atoms with E-state index in [2.05, 4.69) is 6.92 Å². The maximum atomic E-state index is 10.3. The van der Waals surface area contributed by atoms with E-state index < -0.39 is 18.3 Å². The number of fused-ring (bicyclic) bond motifs is 1. The van der Waals surface area contributed by atoms with Crippen LogP contribution in [0.2, 0.25) is 0 Å². The van der Waals surface area contributed by atoms with E-state index in [1.807, 2.05) is 0 Å². The quantitative estimate of drug-likeness (QED) is 0.749. The average Bonchev–Trinajstić information content (AvgIpc) is 2.53. The predicted molar refractivity (Wildman–Crippen MR) is 59.1 cm³/mol. The van der Waals surface area contributed by atoms with E-state index >= 15 is 0 Å². The van der Waals surface area contributed by atoms with Gasteiger partial charge in [0.1, 0.15) is 12.2 Å². The van der Waals surface area contributed by atoms with Crippen LogP contribution in [0.25, 0.3) is 0 Å². The summed E-state index contributed by atoms with van der Waals surface area (Å²) in [4.78, 5) is 0. The van der Waals surface area contributed by atoms with Crippen molar-refractivity contribution in [2.24, 2.45) is 5.41 Å². The normalized spacial score (nSPS) is 45.4. The molecule has 2 aliphatic rings. The van der Waals surface area contributed by atoms with Gasteiger partial charge >= 0.3 is 0 Å². The maximum Gasteiger partial charge on any atom is 0.112 e. The van der Waals surface area contributed by atoms with Crippen molar-refractivity contribution < 1.29 is 19.7 Å². The zero-order valence-electron chi connectivity index (χ0n) is 10.1. The van der Waals surface area contributed by atoms with Crippen molar-refractivity contribution in [3.05, 3.63) is 0 Å². The Morgan fingerprint density at radius 2 is 2.25 bits per heavy atom. The van der Waals surface area contributed by atoms with Gasteiger partial charge in [-0.1, -0.05) is 19.8 Å². The number of hydrogen-bond donors (Lipinski definition) is 2. The Balaban J connectivity index is 2.08. The molecule has 0 spiro atoms. The number of rotatable bonds is 3. The van der Waals surface area contributed by atoms with Crippen LogP contribution in [0.1, 0.15) is 32.6 Å². The number of aliphatic hydroxyl groups excluding tert-OH is 2. The van der Waals surface area contributed by atoms with Gasteiger partial charge in [0, 0.05) is 12.5 Å². The second-order valence-corrected chi connectivity index (χ2v) is 5.31. The first-order valence-corrected chi connectivity index (χ1v) is 6.10. The standard InChI is InChI=1S/C12H22O4/c1-12-6-4-3-5-9(12)16-10(11(12)14)8(13)7-15-2/h8-11,13-14H,3-7H2,1-2H3/t8-,9+,10+,11+,12+/m0/s1. The summed E-state index contributed by atoms with van der Waals surface area (Å²) in [7, 11) is 1.54. The van der Waals surface area contributed by atoms with Crippen molar-refractivity contribution >= 4 is 0 Å².